The highest BCUT2D eigenvalue weighted by molar-refractivity contribution is 7.99. The lowest BCUT2D eigenvalue weighted by Gasteiger charge is -2.04. The van der Waals surface area contributed by atoms with Gasteiger partial charge in [-0.1, -0.05) is 12.6 Å². The molecule has 0 aromatic carbocycles. The topological polar surface area (TPSA) is 0 Å². The van der Waals surface area contributed by atoms with E-state index in [0.717, 1.165) is 0 Å². The Morgan fingerprint density at radius 1 is 1.17 bits per heavy atom. The Balaban J connectivity index is 2.00. The molecule has 1 aliphatic heterocycles. The third kappa shape index (κ3) is 1.25. The van der Waals surface area contributed by atoms with Gasteiger partial charge in [-0.15, -0.1) is 0 Å². The van der Waals surface area contributed by atoms with Crippen molar-refractivity contribution in [2.75, 3.05) is 11.5 Å². The van der Waals surface area contributed by atoms with Crippen molar-refractivity contribution in [1.82, 2.24) is 0 Å². The van der Waals surface area contributed by atoms with Crippen molar-refractivity contribution in [2.24, 2.45) is 0 Å². The van der Waals surface area contributed by atoms with Crippen LogP contribution in [-0.2, 0) is 0 Å². The van der Waals surface area contributed by atoms with Crippen LogP contribution in [0.4, 0.5) is 0 Å². The van der Waals surface area contributed by atoms with Crippen LogP contribution in [0.15, 0.2) is 0 Å². The standard InChI is InChI=1S/C4H8BS/c1-3-6-4-2-5-1/h1-4H2. The van der Waals surface area contributed by atoms with E-state index < -0.39 is 0 Å². The minimum atomic E-state index is 1.34. The highest BCUT2D eigenvalue weighted by atomic mass is 32.2. The summed E-state index contributed by atoms with van der Waals surface area (Å²) >= 11 is 2.06. The van der Waals surface area contributed by atoms with Crippen molar-refractivity contribution >= 4 is 19.0 Å². The van der Waals surface area contributed by atoms with Gasteiger partial charge >= 0.3 is 0 Å². The van der Waals surface area contributed by atoms with E-state index in [1.165, 1.54) is 24.1 Å². The number of thioether (sulfide) groups is 1. The molecule has 0 aromatic rings. The smallest absolute Gasteiger partial charge is 0.111 e. The number of hydrogen-bond donors (Lipinski definition) is 0. The maximum absolute atomic E-state index is 2.37. The predicted octanol–water partition coefficient (Wildman–Crippen LogP) is 1.27. The summed E-state index contributed by atoms with van der Waals surface area (Å²) in [6, 6.07) is 0. The van der Waals surface area contributed by atoms with Gasteiger partial charge in [0.15, 0.2) is 0 Å². The zero-order valence-corrected chi connectivity index (χ0v) is 4.63. The normalized spacial score (nSPS) is 22.7. The van der Waals surface area contributed by atoms with Crippen LogP contribution in [0.2, 0.25) is 12.6 Å². The largest absolute Gasteiger partial charge is 0.163 e. The van der Waals surface area contributed by atoms with E-state index in [1.807, 2.05) is 0 Å². The molecule has 1 aliphatic rings. The quantitative estimate of drug-likeness (QED) is 0.412. The van der Waals surface area contributed by atoms with Gasteiger partial charge in [0.2, 0.25) is 0 Å². The number of hydrogen-bond acceptors (Lipinski definition) is 1. The van der Waals surface area contributed by atoms with Gasteiger partial charge in [0.05, 0.1) is 0 Å². The molecule has 1 fully saturated rings. The Morgan fingerprint density at radius 2 is 1.83 bits per heavy atom. The van der Waals surface area contributed by atoms with E-state index in [0.29, 0.717) is 0 Å². The maximum atomic E-state index is 2.37. The fourth-order valence-electron chi connectivity index (χ4n) is 0.580. The molecule has 0 spiro atoms. The van der Waals surface area contributed by atoms with Crippen molar-refractivity contribution in [3.8, 4) is 0 Å². The molecule has 0 atom stereocenters. The van der Waals surface area contributed by atoms with Gasteiger partial charge in [-0.05, 0) is 11.5 Å². The van der Waals surface area contributed by atoms with Crippen molar-refractivity contribution in [3.05, 3.63) is 0 Å². The average Bonchev–Trinajstić information content (AvgIpc) is 1.72. The van der Waals surface area contributed by atoms with Crippen LogP contribution in [0.5, 0.6) is 0 Å². The lowest BCUT2D eigenvalue weighted by atomic mass is 9.72. The van der Waals surface area contributed by atoms with E-state index in [1.54, 1.807) is 0 Å². The molecule has 0 saturated carbocycles. The van der Waals surface area contributed by atoms with Crippen molar-refractivity contribution < 1.29 is 0 Å². The summed E-state index contributed by atoms with van der Waals surface area (Å²) in [5.74, 6) is 2.72. The summed E-state index contributed by atoms with van der Waals surface area (Å²) < 4.78 is 0. The molecule has 1 saturated heterocycles. The van der Waals surface area contributed by atoms with E-state index in [4.69, 9.17) is 0 Å². The van der Waals surface area contributed by atoms with Crippen LogP contribution in [0, 0.1) is 0 Å². The molecule has 0 aromatic heterocycles. The molecule has 1 radical (unpaired) electrons. The van der Waals surface area contributed by atoms with Gasteiger partial charge in [-0.2, -0.15) is 11.8 Å². The van der Waals surface area contributed by atoms with Crippen molar-refractivity contribution in [3.63, 3.8) is 0 Å². The Hall–Kier alpha value is 0.415. The first-order valence-corrected chi connectivity index (χ1v) is 3.55. The average molecular weight is 99.0 g/mol. The molecule has 0 bridgehead atoms. The third-order valence-electron chi connectivity index (χ3n) is 0.933. The highest BCUT2D eigenvalue weighted by Gasteiger charge is 1.97. The second kappa shape index (κ2) is 2.56. The van der Waals surface area contributed by atoms with Gasteiger partial charge < -0.3 is 0 Å². The summed E-state index contributed by atoms with van der Waals surface area (Å²) in [4.78, 5) is 0. The van der Waals surface area contributed by atoms with E-state index in [9.17, 15) is 0 Å². The second-order valence-electron chi connectivity index (χ2n) is 1.48. The minimum Gasteiger partial charge on any atom is -0.163 e. The SMILES string of the molecule is [B]1CCSCC1. The first-order valence-electron chi connectivity index (χ1n) is 2.39. The molecule has 0 aliphatic carbocycles. The molecular formula is C4H8BS. The summed E-state index contributed by atoms with van der Waals surface area (Å²) in [5, 5.41) is 0. The summed E-state index contributed by atoms with van der Waals surface area (Å²) in [5.41, 5.74) is 0. The molecule has 0 nitrogen and oxygen atoms in total. The predicted molar refractivity (Wildman–Crippen MR) is 32.7 cm³/mol. The highest BCUT2D eigenvalue weighted by Crippen LogP contribution is 2.10. The van der Waals surface area contributed by atoms with Crippen LogP contribution in [0.3, 0.4) is 0 Å². The van der Waals surface area contributed by atoms with Gasteiger partial charge in [0.25, 0.3) is 0 Å². The summed E-state index contributed by atoms with van der Waals surface area (Å²) in [6.45, 7) is 0. The molecule has 0 N–H and O–H groups in total. The lowest BCUT2D eigenvalue weighted by Crippen LogP contribution is -1.99. The molecule has 1 heterocycles. The summed E-state index contributed by atoms with van der Waals surface area (Å²) in [7, 11) is 2.37. The fourth-order valence-corrected chi connectivity index (χ4v) is 1.45. The maximum Gasteiger partial charge on any atom is 0.111 e. The van der Waals surface area contributed by atoms with Gasteiger partial charge in [0.1, 0.15) is 7.28 Å². The lowest BCUT2D eigenvalue weighted by molar-refractivity contribution is 1.33. The van der Waals surface area contributed by atoms with E-state index in [-0.39, 0.29) is 0 Å². The zero-order valence-electron chi connectivity index (χ0n) is 3.81. The van der Waals surface area contributed by atoms with Gasteiger partial charge in [-0.25, -0.2) is 0 Å². The van der Waals surface area contributed by atoms with Gasteiger partial charge in [-0.3, -0.25) is 0 Å². The van der Waals surface area contributed by atoms with Crippen LogP contribution in [-0.4, -0.2) is 18.8 Å². The number of rotatable bonds is 0. The second-order valence-corrected chi connectivity index (χ2v) is 2.70. The van der Waals surface area contributed by atoms with Crippen LogP contribution >= 0.6 is 11.8 Å². The molecule has 0 unspecified atom stereocenters. The Labute approximate surface area is 43.9 Å². The monoisotopic (exact) mass is 99.0 g/mol. The van der Waals surface area contributed by atoms with Crippen molar-refractivity contribution in [1.29, 1.82) is 0 Å². The molecule has 0 amide bonds. The third-order valence-corrected chi connectivity index (χ3v) is 1.98. The molecular weight excluding hydrogens is 90.9 g/mol. The fraction of sp³-hybridized carbons (Fsp3) is 1.00. The minimum absolute atomic E-state index is 1.34. The molecule has 2 heteroatoms. The molecule has 1 rings (SSSR count). The van der Waals surface area contributed by atoms with E-state index >= 15 is 0 Å². The zero-order chi connectivity index (χ0) is 4.24. The van der Waals surface area contributed by atoms with Crippen LogP contribution in [0.25, 0.3) is 0 Å². The van der Waals surface area contributed by atoms with Crippen LogP contribution in [0.1, 0.15) is 0 Å². The van der Waals surface area contributed by atoms with Gasteiger partial charge in [0, 0.05) is 0 Å². The Kier molecular flexibility index (Phi) is 1.95. The first-order chi connectivity index (χ1) is 3.00. The Morgan fingerprint density at radius 3 is 2.00 bits per heavy atom. The Bertz CT molecular complexity index is 23.0. The summed E-state index contributed by atoms with van der Waals surface area (Å²) in [6.07, 6.45) is 2.68. The molecule has 33 valence electrons. The molecule has 6 heavy (non-hydrogen) atoms. The van der Waals surface area contributed by atoms with Crippen LogP contribution < -0.4 is 0 Å². The van der Waals surface area contributed by atoms with E-state index in [2.05, 4.69) is 19.0 Å². The van der Waals surface area contributed by atoms with Crippen molar-refractivity contribution in [2.45, 2.75) is 12.6 Å². The first kappa shape index (κ1) is 4.57.